The Hall–Kier alpha value is -2.26. The van der Waals surface area contributed by atoms with Gasteiger partial charge in [-0.3, -0.25) is 9.36 Å². The van der Waals surface area contributed by atoms with Gasteiger partial charge < -0.3 is 26.3 Å². The maximum absolute atomic E-state index is 11.8. The third kappa shape index (κ3) is 4.39. The van der Waals surface area contributed by atoms with E-state index in [0.29, 0.717) is 0 Å². The van der Waals surface area contributed by atoms with Crippen molar-refractivity contribution in [2.75, 3.05) is 0 Å². The minimum atomic E-state index is -1.40. The number of nitrogens with two attached hydrogens (primary N) is 1. The first-order chi connectivity index (χ1) is 10.9. The molecule has 0 bridgehead atoms. The largest absolute Gasteiger partial charge is 0.494 e. The Labute approximate surface area is 144 Å². The lowest BCUT2D eigenvalue weighted by atomic mass is 9.93. The Morgan fingerprint density at radius 3 is 2.42 bits per heavy atom. The van der Waals surface area contributed by atoms with Gasteiger partial charge in [-0.05, 0) is 12.0 Å². The second-order valence-electron chi connectivity index (χ2n) is 5.18. The molecule has 0 aliphatic carbocycles. The predicted octanol–water partition coefficient (Wildman–Crippen LogP) is 0.430. The molecule has 0 radical (unpaired) electrons. The molecule has 24 heavy (non-hydrogen) atoms. The lowest BCUT2D eigenvalue weighted by Crippen LogP contribution is -2.30. The molecule has 0 aliphatic heterocycles. The maximum Gasteiger partial charge on any atom is 0.225 e. The van der Waals surface area contributed by atoms with Crippen LogP contribution in [0, 0.1) is 0 Å². The summed E-state index contributed by atoms with van der Waals surface area (Å²) in [6, 6.07) is 10.3. The lowest BCUT2D eigenvalue weighted by Gasteiger charge is -2.14. The average Bonchev–Trinajstić information content (AvgIpc) is 2.81. The van der Waals surface area contributed by atoms with Crippen molar-refractivity contribution >= 4 is 18.3 Å². The number of hydroxylamine groups is 1. The second-order valence-corrected chi connectivity index (χ2v) is 5.18. The van der Waals surface area contributed by atoms with Crippen LogP contribution in [0.3, 0.4) is 0 Å². The topological polar surface area (TPSA) is 141 Å². The number of primary amides is 1. The number of amides is 1. The number of hydrogen-bond donors (Lipinski definition) is 6. The highest BCUT2D eigenvalue weighted by molar-refractivity contribution is 5.85. The highest BCUT2D eigenvalue weighted by atomic mass is 35.5. The number of benzene rings is 1. The van der Waals surface area contributed by atoms with Gasteiger partial charge >= 0.3 is 0 Å². The van der Waals surface area contributed by atoms with E-state index in [1.54, 1.807) is 5.48 Å². The van der Waals surface area contributed by atoms with Crippen LogP contribution in [0.5, 0.6) is 11.8 Å². The summed E-state index contributed by atoms with van der Waals surface area (Å²) in [5, 5.41) is 38.1. The Kier molecular flexibility index (Phi) is 7.05. The van der Waals surface area contributed by atoms with E-state index in [1.807, 2.05) is 30.3 Å². The van der Waals surface area contributed by atoms with Crippen molar-refractivity contribution in [1.29, 1.82) is 0 Å². The SMILES string of the molecule is Cl.NC(=O)[C@@H](Cc1ccccc1)c1cc(O)n(C[C@H](O)NO)c1O. The van der Waals surface area contributed by atoms with Crippen LogP contribution in [-0.2, 0) is 17.8 Å². The van der Waals surface area contributed by atoms with E-state index < -0.39 is 23.9 Å². The van der Waals surface area contributed by atoms with E-state index >= 15 is 0 Å². The van der Waals surface area contributed by atoms with Crippen LogP contribution in [0.2, 0.25) is 0 Å². The van der Waals surface area contributed by atoms with Gasteiger partial charge in [-0.25, -0.2) is 0 Å². The van der Waals surface area contributed by atoms with Crippen LogP contribution >= 0.6 is 12.4 Å². The van der Waals surface area contributed by atoms with Crippen LogP contribution < -0.4 is 11.2 Å². The summed E-state index contributed by atoms with van der Waals surface area (Å²) < 4.78 is 0.962. The number of aliphatic hydroxyl groups excluding tert-OH is 1. The molecule has 2 aromatic rings. The fourth-order valence-electron chi connectivity index (χ4n) is 2.41. The van der Waals surface area contributed by atoms with Crippen LogP contribution in [-0.4, -0.2) is 37.2 Å². The summed E-state index contributed by atoms with van der Waals surface area (Å²) in [7, 11) is 0. The monoisotopic (exact) mass is 357 g/mol. The minimum absolute atomic E-state index is 0. The Balaban J connectivity index is 0.00000288. The number of carbonyl (C=O) groups is 1. The highest BCUT2D eigenvalue weighted by Crippen LogP contribution is 2.35. The van der Waals surface area contributed by atoms with Gasteiger partial charge in [0.1, 0.15) is 6.23 Å². The highest BCUT2D eigenvalue weighted by Gasteiger charge is 2.27. The molecule has 0 saturated heterocycles. The van der Waals surface area contributed by atoms with Crippen molar-refractivity contribution in [3.8, 4) is 11.8 Å². The molecule has 1 amide bonds. The molecular formula is C15H20ClN3O5. The summed E-state index contributed by atoms with van der Waals surface area (Å²) in [5.41, 5.74) is 8.02. The third-order valence-electron chi connectivity index (χ3n) is 3.58. The summed E-state index contributed by atoms with van der Waals surface area (Å²) >= 11 is 0. The minimum Gasteiger partial charge on any atom is -0.494 e. The van der Waals surface area contributed by atoms with Gasteiger partial charge in [-0.2, -0.15) is 5.48 Å². The number of halogens is 1. The molecule has 0 fully saturated rings. The predicted molar refractivity (Wildman–Crippen MR) is 88.0 cm³/mol. The molecule has 8 nitrogen and oxygen atoms in total. The summed E-state index contributed by atoms with van der Waals surface area (Å²) in [6.07, 6.45) is -1.14. The van der Waals surface area contributed by atoms with E-state index in [2.05, 4.69) is 0 Å². The fraction of sp³-hybridized carbons (Fsp3) is 0.267. The van der Waals surface area contributed by atoms with Gasteiger partial charge in [0.15, 0.2) is 11.8 Å². The molecule has 2 atom stereocenters. The number of aromatic hydroxyl groups is 2. The zero-order chi connectivity index (χ0) is 17.0. The van der Waals surface area contributed by atoms with E-state index in [9.17, 15) is 20.1 Å². The van der Waals surface area contributed by atoms with Crippen LogP contribution in [0.25, 0.3) is 0 Å². The normalized spacial score (nSPS) is 13.1. The number of carbonyl (C=O) groups excluding carboxylic acids is 1. The van der Waals surface area contributed by atoms with Crippen LogP contribution in [0.15, 0.2) is 36.4 Å². The Morgan fingerprint density at radius 2 is 1.88 bits per heavy atom. The standard InChI is InChI=1S/C15H19N3O5.ClH/c16-14(21)10(6-9-4-2-1-3-5-9)11-7-13(20)18(15(11)22)8-12(19)17-23;/h1-5,7,10,12,17,19-20,22-23H,6,8H2,(H2,16,21);1H/t10-,12-;/m0./s1. The molecule has 9 heteroatoms. The summed E-state index contributed by atoms with van der Waals surface area (Å²) in [6.45, 7) is -0.314. The molecular weight excluding hydrogens is 338 g/mol. The number of nitrogens with one attached hydrogen (secondary N) is 1. The number of aromatic nitrogens is 1. The Morgan fingerprint density at radius 1 is 1.25 bits per heavy atom. The number of hydrogen-bond acceptors (Lipinski definition) is 6. The molecule has 132 valence electrons. The second kappa shape index (κ2) is 8.55. The molecule has 1 aromatic heterocycles. The van der Waals surface area contributed by atoms with Crippen molar-refractivity contribution in [3.63, 3.8) is 0 Å². The van der Waals surface area contributed by atoms with Gasteiger partial charge in [0, 0.05) is 11.6 Å². The number of rotatable bonds is 7. The molecule has 1 aromatic carbocycles. The van der Waals surface area contributed by atoms with Crippen LogP contribution in [0.1, 0.15) is 17.0 Å². The van der Waals surface area contributed by atoms with E-state index in [4.69, 9.17) is 10.9 Å². The quantitative estimate of drug-likeness (QED) is 0.313. The smallest absolute Gasteiger partial charge is 0.225 e. The molecule has 7 N–H and O–H groups in total. The number of aliphatic hydroxyl groups is 1. The van der Waals surface area contributed by atoms with Crippen LogP contribution in [0.4, 0.5) is 0 Å². The summed E-state index contributed by atoms with van der Waals surface area (Å²) in [5.74, 6) is -2.24. The van der Waals surface area contributed by atoms with Gasteiger partial charge in [-0.15, -0.1) is 12.4 Å². The van der Waals surface area contributed by atoms with Crippen molar-refractivity contribution in [2.45, 2.75) is 25.1 Å². The summed E-state index contributed by atoms with van der Waals surface area (Å²) in [4.78, 5) is 11.8. The van der Waals surface area contributed by atoms with Gasteiger partial charge in [0.05, 0.1) is 12.5 Å². The molecule has 2 rings (SSSR count). The molecule has 0 aliphatic rings. The van der Waals surface area contributed by atoms with Gasteiger partial charge in [0.2, 0.25) is 5.91 Å². The lowest BCUT2D eigenvalue weighted by molar-refractivity contribution is -0.119. The van der Waals surface area contributed by atoms with Gasteiger partial charge in [0.25, 0.3) is 0 Å². The van der Waals surface area contributed by atoms with E-state index in [-0.39, 0.29) is 36.8 Å². The molecule has 0 saturated carbocycles. The van der Waals surface area contributed by atoms with E-state index in [0.717, 1.165) is 10.1 Å². The first kappa shape index (κ1) is 19.8. The zero-order valence-corrected chi connectivity index (χ0v) is 13.5. The van der Waals surface area contributed by atoms with Crippen molar-refractivity contribution < 1.29 is 25.3 Å². The Bertz CT molecular complexity index is 677. The molecule has 0 spiro atoms. The van der Waals surface area contributed by atoms with Crippen molar-refractivity contribution in [3.05, 3.63) is 47.5 Å². The molecule has 1 heterocycles. The number of nitrogens with zero attached hydrogens (tertiary/aromatic N) is 1. The van der Waals surface area contributed by atoms with E-state index in [1.165, 1.54) is 6.07 Å². The van der Waals surface area contributed by atoms with Crippen molar-refractivity contribution in [1.82, 2.24) is 10.0 Å². The zero-order valence-electron chi connectivity index (χ0n) is 12.7. The first-order valence-electron chi connectivity index (χ1n) is 6.96. The van der Waals surface area contributed by atoms with Gasteiger partial charge in [-0.1, -0.05) is 30.3 Å². The average molecular weight is 358 g/mol. The first-order valence-corrected chi connectivity index (χ1v) is 6.96. The van der Waals surface area contributed by atoms with Crippen molar-refractivity contribution in [2.24, 2.45) is 5.73 Å². The maximum atomic E-state index is 11.8. The fourth-order valence-corrected chi connectivity index (χ4v) is 2.41. The third-order valence-corrected chi connectivity index (χ3v) is 3.58. The molecule has 0 unspecified atom stereocenters.